The molecule has 12 nitrogen and oxygen atoms in total. The molecule has 1 saturated carbocycles. The molecule has 3 aromatic heterocycles. The summed E-state index contributed by atoms with van der Waals surface area (Å²) < 4.78 is 30.1. The van der Waals surface area contributed by atoms with E-state index >= 15 is 0 Å². The SMILES string of the molecule is Cc1cc(CN(Cc2cc(C)n(C)n2)C2CCC(NC(=O)c3cc(F)cnc3Oc3cccc(-c4ccc(O)cc4CN4CCOCC4)c3)CC2)nn1C. The van der Waals surface area contributed by atoms with Gasteiger partial charge in [0.15, 0.2) is 0 Å². The molecule has 4 heterocycles. The standard InChI is InChI=1S/C41H49FN8O4/c1-27-18-33(45-47(27)3)25-50(26-34-19-28(2)48(4)46-34)35-10-8-32(9-11-35)44-40(52)39-22-31(42)23-43-41(39)54-37-7-5-6-29(21-37)38-13-12-36(51)20-30(38)24-49-14-16-53-17-15-49/h5-7,12-13,18-23,32,35,51H,8-11,14-17,24-26H2,1-4H3,(H,44,52). The van der Waals surface area contributed by atoms with E-state index in [9.17, 15) is 14.3 Å². The molecule has 0 radical (unpaired) electrons. The van der Waals surface area contributed by atoms with Gasteiger partial charge < -0.3 is 19.9 Å². The summed E-state index contributed by atoms with van der Waals surface area (Å²) in [6.45, 7) is 9.17. The third-order valence-electron chi connectivity index (χ3n) is 10.6. The maximum atomic E-state index is 14.6. The normalized spacial score (nSPS) is 17.9. The van der Waals surface area contributed by atoms with Crippen LogP contribution in [0.1, 0.15) is 64.4 Å². The number of aromatic hydroxyl groups is 1. The van der Waals surface area contributed by atoms with Gasteiger partial charge in [0, 0.05) is 70.3 Å². The first-order chi connectivity index (χ1) is 26.1. The van der Waals surface area contributed by atoms with Gasteiger partial charge in [0.1, 0.15) is 22.9 Å². The van der Waals surface area contributed by atoms with Crippen LogP contribution in [0.2, 0.25) is 0 Å². The molecule has 2 fully saturated rings. The minimum atomic E-state index is -0.619. The lowest BCUT2D eigenvalue weighted by Gasteiger charge is -2.36. The fourth-order valence-electron chi connectivity index (χ4n) is 7.51. The van der Waals surface area contributed by atoms with Gasteiger partial charge in [0.25, 0.3) is 5.91 Å². The zero-order chi connectivity index (χ0) is 37.8. The lowest BCUT2D eigenvalue weighted by Crippen LogP contribution is -2.43. The minimum Gasteiger partial charge on any atom is -0.508 e. The summed E-state index contributed by atoms with van der Waals surface area (Å²) >= 11 is 0. The molecule has 54 heavy (non-hydrogen) atoms. The third kappa shape index (κ3) is 8.98. The van der Waals surface area contributed by atoms with Gasteiger partial charge in [0.2, 0.25) is 5.88 Å². The molecule has 1 amide bonds. The number of nitrogens with one attached hydrogen (secondary N) is 1. The van der Waals surface area contributed by atoms with Crippen LogP contribution in [-0.2, 0) is 38.5 Å². The molecule has 2 aromatic carbocycles. The number of morpholine rings is 1. The van der Waals surface area contributed by atoms with E-state index in [1.165, 1.54) is 6.07 Å². The Morgan fingerprint density at radius 1 is 0.944 bits per heavy atom. The van der Waals surface area contributed by atoms with Crippen LogP contribution >= 0.6 is 0 Å². The fraction of sp³-hybridized carbons (Fsp3) is 0.415. The van der Waals surface area contributed by atoms with Gasteiger partial charge in [0.05, 0.1) is 30.8 Å². The van der Waals surface area contributed by atoms with Crippen LogP contribution < -0.4 is 10.1 Å². The van der Waals surface area contributed by atoms with Gasteiger partial charge in [-0.25, -0.2) is 9.37 Å². The Morgan fingerprint density at radius 3 is 2.28 bits per heavy atom. The van der Waals surface area contributed by atoms with E-state index in [4.69, 9.17) is 19.7 Å². The van der Waals surface area contributed by atoms with Crippen LogP contribution in [0.5, 0.6) is 17.4 Å². The molecule has 2 aliphatic rings. The number of hydrogen-bond donors (Lipinski definition) is 2. The van der Waals surface area contributed by atoms with E-state index in [0.29, 0.717) is 38.6 Å². The Labute approximate surface area is 315 Å². The number of aryl methyl sites for hydroxylation is 4. The lowest BCUT2D eigenvalue weighted by atomic mass is 9.89. The molecular formula is C41H49FN8O4. The molecule has 13 heteroatoms. The van der Waals surface area contributed by atoms with Gasteiger partial charge in [-0.15, -0.1) is 0 Å². The summed E-state index contributed by atoms with van der Waals surface area (Å²) in [6, 6.07) is 18.5. The molecule has 1 aliphatic heterocycles. The zero-order valence-corrected chi connectivity index (χ0v) is 31.5. The van der Waals surface area contributed by atoms with E-state index in [1.807, 2.05) is 47.7 Å². The van der Waals surface area contributed by atoms with Crippen LogP contribution in [-0.4, -0.2) is 83.7 Å². The molecular weight excluding hydrogens is 688 g/mol. The van der Waals surface area contributed by atoms with Gasteiger partial charge in [-0.3, -0.25) is 24.0 Å². The number of phenols is 1. The molecule has 284 valence electrons. The highest BCUT2D eigenvalue weighted by Gasteiger charge is 2.29. The Morgan fingerprint density at radius 2 is 1.63 bits per heavy atom. The summed E-state index contributed by atoms with van der Waals surface area (Å²) in [5.41, 5.74) is 7.11. The van der Waals surface area contributed by atoms with E-state index in [-0.39, 0.29) is 29.3 Å². The van der Waals surface area contributed by atoms with E-state index < -0.39 is 11.7 Å². The molecule has 0 atom stereocenters. The number of benzene rings is 2. The molecule has 7 rings (SSSR count). The third-order valence-corrected chi connectivity index (χ3v) is 10.6. The molecule has 1 saturated heterocycles. The number of aromatic nitrogens is 5. The maximum absolute atomic E-state index is 14.6. The molecule has 1 aliphatic carbocycles. The lowest BCUT2D eigenvalue weighted by molar-refractivity contribution is 0.0342. The number of phenolic OH excluding ortho intramolecular Hbond substituents is 1. The Balaban J connectivity index is 1.02. The van der Waals surface area contributed by atoms with Crippen molar-refractivity contribution < 1.29 is 23.8 Å². The number of halogens is 1. The predicted octanol–water partition coefficient (Wildman–Crippen LogP) is 6.05. The van der Waals surface area contributed by atoms with E-state index in [2.05, 4.69) is 46.1 Å². The van der Waals surface area contributed by atoms with Crippen molar-refractivity contribution in [3.05, 3.63) is 107 Å². The Kier molecular flexibility index (Phi) is 11.4. The van der Waals surface area contributed by atoms with Crippen LogP contribution in [0.4, 0.5) is 4.39 Å². The Bertz CT molecular complexity index is 2000. The highest BCUT2D eigenvalue weighted by atomic mass is 19.1. The minimum absolute atomic E-state index is 0.0291. The second-order valence-electron chi connectivity index (χ2n) is 14.6. The summed E-state index contributed by atoms with van der Waals surface area (Å²) in [4.78, 5) is 22.7. The molecule has 0 bridgehead atoms. The quantitative estimate of drug-likeness (QED) is 0.158. The Hall–Kier alpha value is -5.11. The van der Waals surface area contributed by atoms with Crippen molar-refractivity contribution >= 4 is 5.91 Å². The zero-order valence-electron chi connectivity index (χ0n) is 31.5. The van der Waals surface area contributed by atoms with Crippen molar-refractivity contribution in [2.75, 3.05) is 26.3 Å². The average Bonchev–Trinajstić information content (AvgIpc) is 3.65. The summed E-state index contributed by atoms with van der Waals surface area (Å²) in [7, 11) is 3.92. The van der Waals surface area contributed by atoms with Crippen LogP contribution in [0, 0.1) is 19.7 Å². The predicted molar refractivity (Wildman–Crippen MR) is 203 cm³/mol. The first-order valence-electron chi connectivity index (χ1n) is 18.7. The van der Waals surface area contributed by atoms with Crippen LogP contribution in [0.15, 0.2) is 66.9 Å². The molecule has 0 unspecified atom stereocenters. The van der Waals surface area contributed by atoms with Crippen molar-refractivity contribution in [3.8, 4) is 28.5 Å². The summed E-state index contributed by atoms with van der Waals surface area (Å²) in [5, 5.41) is 22.9. The van der Waals surface area contributed by atoms with Crippen molar-refractivity contribution in [3.63, 3.8) is 0 Å². The van der Waals surface area contributed by atoms with E-state index in [0.717, 1.165) is 84.4 Å². The second-order valence-corrected chi connectivity index (χ2v) is 14.6. The highest BCUT2D eigenvalue weighted by Crippen LogP contribution is 2.33. The number of rotatable bonds is 12. The summed E-state index contributed by atoms with van der Waals surface area (Å²) in [5.74, 6) is -0.357. The molecule has 2 N–H and O–H groups in total. The van der Waals surface area contributed by atoms with Crippen molar-refractivity contribution in [2.24, 2.45) is 14.1 Å². The number of pyridine rings is 1. The van der Waals surface area contributed by atoms with Gasteiger partial charge in [-0.05, 0) is 98.7 Å². The smallest absolute Gasteiger partial charge is 0.257 e. The van der Waals surface area contributed by atoms with Crippen molar-refractivity contribution in [2.45, 2.75) is 71.2 Å². The first kappa shape index (κ1) is 37.2. The number of carbonyl (C=O) groups excluding carboxylic acids is 1. The fourth-order valence-corrected chi connectivity index (χ4v) is 7.51. The van der Waals surface area contributed by atoms with Crippen LogP contribution in [0.3, 0.4) is 0 Å². The monoisotopic (exact) mass is 736 g/mol. The van der Waals surface area contributed by atoms with Crippen LogP contribution in [0.25, 0.3) is 11.1 Å². The second kappa shape index (κ2) is 16.5. The molecule has 0 spiro atoms. The maximum Gasteiger partial charge on any atom is 0.257 e. The number of ether oxygens (including phenoxy) is 2. The number of hydrogen-bond acceptors (Lipinski definition) is 9. The van der Waals surface area contributed by atoms with E-state index in [1.54, 1.807) is 18.2 Å². The molecule has 5 aromatic rings. The van der Waals surface area contributed by atoms with Gasteiger partial charge in [-0.2, -0.15) is 10.2 Å². The number of carbonyl (C=O) groups is 1. The average molecular weight is 737 g/mol. The van der Waals surface area contributed by atoms with Crippen molar-refractivity contribution in [1.82, 2.24) is 39.7 Å². The van der Waals surface area contributed by atoms with Gasteiger partial charge >= 0.3 is 0 Å². The van der Waals surface area contributed by atoms with Crippen molar-refractivity contribution in [1.29, 1.82) is 0 Å². The van der Waals surface area contributed by atoms with Gasteiger partial charge in [-0.1, -0.05) is 18.2 Å². The summed E-state index contributed by atoms with van der Waals surface area (Å²) in [6.07, 6.45) is 4.36. The largest absolute Gasteiger partial charge is 0.508 e. The first-order valence-corrected chi connectivity index (χ1v) is 18.7. The topological polar surface area (TPSA) is 123 Å². The number of nitrogens with zero attached hydrogens (tertiary/aromatic N) is 7. The number of amides is 1. The highest BCUT2D eigenvalue weighted by molar-refractivity contribution is 5.96.